The number of hydrogen-bond acceptors (Lipinski definition) is 8. The van der Waals surface area contributed by atoms with Crippen LogP contribution in [0.5, 0.6) is 0 Å². The molecular formula is C19H36O8S. The van der Waals surface area contributed by atoms with Crippen LogP contribution in [0.2, 0.25) is 0 Å². The molecule has 2 saturated heterocycles. The van der Waals surface area contributed by atoms with Gasteiger partial charge < -0.3 is 10.2 Å². The molecule has 0 amide bonds. The summed E-state index contributed by atoms with van der Waals surface area (Å²) in [4.78, 5) is 9.27. The second-order valence-electron chi connectivity index (χ2n) is 8.01. The van der Waals surface area contributed by atoms with E-state index in [1.807, 2.05) is 0 Å². The third kappa shape index (κ3) is 5.65. The zero-order chi connectivity index (χ0) is 20.7. The monoisotopic (exact) mass is 424 g/mol. The summed E-state index contributed by atoms with van der Waals surface area (Å²) < 4.78 is 32.9. The van der Waals surface area contributed by atoms with Crippen molar-refractivity contribution in [2.24, 2.45) is 0 Å². The molecule has 9 heteroatoms. The van der Waals surface area contributed by atoms with E-state index >= 15 is 0 Å². The van der Waals surface area contributed by atoms with Crippen molar-refractivity contribution in [3.05, 3.63) is 0 Å². The van der Waals surface area contributed by atoms with Gasteiger partial charge in [0.2, 0.25) is 0 Å². The SMILES string of the molecule is CCCCCCCCC(O)(CCCCCCCC)C1(O)OS(=O)(=O)OC12OO2. The minimum atomic E-state index is -4.53. The van der Waals surface area contributed by atoms with E-state index in [0.29, 0.717) is 12.8 Å². The number of unbranched alkanes of at least 4 members (excludes halogenated alkanes) is 10. The van der Waals surface area contributed by atoms with Crippen molar-refractivity contribution >= 4 is 10.4 Å². The van der Waals surface area contributed by atoms with Crippen LogP contribution in [-0.4, -0.2) is 36.0 Å². The normalized spacial score (nSPS) is 25.4. The van der Waals surface area contributed by atoms with Crippen LogP contribution in [0.1, 0.15) is 104 Å². The van der Waals surface area contributed by atoms with E-state index < -0.39 is 27.8 Å². The molecule has 2 aliphatic heterocycles. The molecular weight excluding hydrogens is 388 g/mol. The first kappa shape index (κ1) is 24.0. The van der Waals surface area contributed by atoms with Gasteiger partial charge in [-0.25, -0.2) is 4.18 Å². The van der Waals surface area contributed by atoms with Gasteiger partial charge in [-0.2, -0.15) is 22.4 Å². The summed E-state index contributed by atoms with van der Waals surface area (Å²) in [6.07, 6.45) is 12.2. The van der Waals surface area contributed by atoms with Crippen molar-refractivity contribution in [2.75, 3.05) is 0 Å². The Balaban J connectivity index is 1.99. The Morgan fingerprint density at radius 1 is 0.750 bits per heavy atom. The van der Waals surface area contributed by atoms with E-state index in [0.717, 1.165) is 64.2 Å². The van der Waals surface area contributed by atoms with Gasteiger partial charge in [0.05, 0.1) is 0 Å². The Morgan fingerprint density at radius 2 is 1.18 bits per heavy atom. The van der Waals surface area contributed by atoms with Gasteiger partial charge in [-0.3, -0.25) is 0 Å². The smallest absolute Gasteiger partial charge is 0.384 e. The molecule has 0 aliphatic carbocycles. The molecule has 2 fully saturated rings. The molecule has 0 saturated carbocycles. The summed E-state index contributed by atoms with van der Waals surface area (Å²) in [5.74, 6) is -4.92. The fraction of sp³-hybridized carbons (Fsp3) is 1.00. The van der Waals surface area contributed by atoms with Crippen LogP contribution >= 0.6 is 0 Å². The molecule has 1 spiro atoms. The lowest BCUT2D eigenvalue weighted by Crippen LogP contribution is -2.61. The van der Waals surface area contributed by atoms with E-state index in [1.165, 1.54) is 0 Å². The van der Waals surface area contributed by atoms with Crippen LogP contribution < -0.4 is 0 Å². The molecule has 1 unspecified atom stereocenters. The zero-order valence-corrected chi connectivity index (χ0v) is 18.0. The largest absolute Gasteiger partial charge is 0.413 e. The summed E-state index contributed by atoms with van der Waals surface area (Å²) in [5.41, 5.74) is -1.86. The van der Waals surface area contributed by atoms with Crippen LogP contribution in [0, 0.1) is 0 Å². The van der Waals surface area contributed by atoms with E-state index in [1.54, 1.807) is 0 Å². The Morgan fingerprint density at radius 3 is 1.61 bits per heavy atom. The molecule has 8 nitrogen and oxygen atoms in total. The Labute approximate surface area is 168 Å². The predicted molar refractivity (Wildman–Crippen MR) is 102 cm³/mol. The lowest BCUT2D eigenvalue weighted by molar-refractivity contribution is -0.308. The van der Waals surface area contributed by atoms with Crippen LogP contribution in [0.3, 0.4) is 0 Å². The molecule has 0 aromatic carbocycles. The van der Waals surface area contributed by atoms with Crippen molar-refractivity contribution in [2.45, 2.75) is 121 Å². The Kier molecular flexibility index (Phi) is 8.69. The van der Waals surface area contributed by atoms with Gasteiger partial charge in [-0.05, 0) is 12.8 Å². The van der Waals surface area contributed by atoms with Crippen molar-refractivity contribution in [3.8, 4) is 0 Å². The zero-order valence-electron chi connectivity index (χ0n) is 17.2. The highest BCUT2D eigenvalue weighted by Gasteiger charge is 2.84. The molecule has 0 aromatic rings. The van der Waals surface area contributed by atoms with Crippen LogP contribution in [0.4, 0.5) is 0 Å². The number of hydrogen-bond donors (Lipinski definition) is 2. The fourth-order valence-corrected chi connectivity index (χ4v) is 4.83. The molecule has 2 N–H and O–H groups in total. The second-order valence-corrected chi connectivity index (χ2v) is 9.16. The summed E-state index contributed by atoms with van der Waals surface area (Å²) in [5, 5.41) is 22.3. The highest BCUT2D eigenvalue weighted by Crippen LogP contribution is 2.56. The van der Waals surface area contributed by atoms with Gasteiger partial charge in [-0.15, -0.1) is 0 Å². The first-order valence-electron chi connectivity index (χ1n) is 10.7. The molecule has 0 bridgehead atoms. The van der Waals surface area contributed by atoms with Crippen LogP contribution in [0.25, 0.3) is 0 Å². The highest BCUT2D eigenvalue weighted by atomic mass is 32.3. The third-order valence-corrected chi connectivity index (χ3v) is 6.47. The average Bonchev–Trinajstić information content (AvgIpc) is 3.36. The van der Waals surface area contributed by atoms with Gasteiger partial charge in [0.1, 0.15) is 5.60 Å². The van der Waals surface area contributed by atoms with E-state index in [2.05, 4.69) is 27.8 Å². The van der Waals surface area contributed by atoms with E-state index in [-0.39, 0.29) is 12.8 Å². The molecule has 0 radical (unpaired) electrons. The lowest BCUT2D eigenvalue weighted by Gasteiger charge is -2.38. The summed E-state index contributed by atoms with van der Waals surface area (Å²) in [6, 6.07) is 0. The molecule has 2 heterocycles. The van der Waals surface area contributed by atoms with Gasteiger partial charge in [0.15, 0.2) is 0 Å². The van der Waals surface area contributed by atoms with Gasteiger partial charge in [0, 0.05) is 0 Å². The van der Waals surface area contributed by atoms with Crippen molar-refractivity contribution < 1.29 is 36.8 Å². The Hall–Kier alpha value is -0.290. The maximum atomic E-state index is 11.8. The minimum Gasteiger partial charge on any atom is -0.384 e. The van der Waals surface area contributed by atoms with Crippen LogP contribution in [-0.2, 0) is 28.5 Å². The van der Waals surface area contributed by atoms with E-state index in [9.17, 15) is 18.6 Å². The Bertz CT molecular complexity index is 558. The van der Waals surface area contributed by atoms with Crippen LogP contribution in [0.15, 0.2) is 0 Å². The number of rotatable bonds is 15. The minimum absolute atomic E-state index is 0.165. The topological polar surface area (TPSA) is 118 Å². The lowest BCUT2D eigenvalue weighted by atomic mass is 9.81. The van der Waals surface area contributed by atoms with Gasteiger partial charge in [0.25, 0.3) is 0 Å². The van der Waals surface area contributed by atoms with Gasteiger partial charge >= 0.3 is 22.2 Å². The maximum Gasteiger partial charge on any atom is 0.413 e. The number of aliphatic hydroxyl groups is 2. The molecule has 2 aliphatic rings. The first-order chi connectivity index (χ1) is 13.2. The molecule has 28 heavy (non-hydrogen) atoms. The predicted octanol–water partition coefficient (Wildman–Crippen LogP) is 3.81. The quantitative estimate of drug-likeness (QED) is 0.231. The molecule has 0 aromatic heterocycles. The standard InChI is InChI=1S/C19H36O8S/c1-3-5-7-9-11-13-15-17(20,16-14-12-10-8-6-4-2)18(21)19(24-25-19)27-28(22,23)26-18/h20-21H,3-16H2,1-2H3. The second kappa shape index (κ2) is 10.1. The molecule has 1 atom stereocenters. The van der Waals surface area contributed by atoms with Crippen molar-refractivity contribution in [1.29, 1.82) is 0 Å². The molecule has 2 rings (SSSR count). The van der Waals surface area contributed by atoms with Crippen molar-refractivity contribution in [1.82, 2.24) is 0 Å². The highest BCUT2D eigenvalue weighted by molar-refractivity contribution is 7.82. The molecule has 166 valence electrons. The summed E-state index contributed by atoms with van der Waals surface area (Å²) >= 11 is 0. The summed E-state index contributed by atoms with van der Waals surface area (Å²) in [7, 11) is -4.53. The first-order valence-corrected chi connectivity index (χ1v) is 12.1. The van der Waals surface area contributed by atoms with Gasteiger partial charge in [-0.1, -0.05) is 90.9 Å². The fourth-order valence-electron chi connectivity index (χ4n) is 3.81. The average molecular weight is 425 g/mol. The maximum absolute atomic E-state index is 11.8. The van der Waals surface area contributed by atoms with Crippen molar-refractivity contribution in [3.63, 3.8) is 0 Å². The third-order valence-electron chi connectivity index (χ3n) is 5.60. The van der Waals surface area contributed by atoms with E-state index in [4.69, 9.17) is 4.18 Å². The summed E-state index contributed by atoms with van der Waals surface area (Å²) in [6.45, 7) is 4.28.